The van der Waals surface area contributed by atoms with Gasteiger partial charge in [-0.25, -0.2) is 8.42 Å². The average molecular weight is 313 g/mol. The maximum Gasteiger partial charge on any atom is 0.320 e. The molecule has 0 saturated carbocycles. The molecule has 1 aromatic carbocycles. The van der Waals surface area contributed by atoms with E-state index < -0.39 is 9.84 Å². The summed E-state index contributed by atoms with van der Waals surface area (Å²) in [6.45, 7) is 3.43. The van der Waals surface area contributed by atoms with E-state index in [0.29, 0.717) is 26.1 Å². The minimum absolute atomic E-state index is 0.126. The highest BCUT2D eigenvalue weighted by Crippen LogP contribution is 2.06. The van der Waals surface area contributed by atoms with Gasteiger partial charge >= 0.3 is 5.97 Å². The van der Waals surface area contributed by atoms with E-state index in [1.807, 2.05) is 35.2 Å². The van der Waals surface area contributed by atoms with Crippen molar-refractivity contribution in [2.24, 2.45) is 0 Å². The number of sulfone groups is 1. The molecule has 1 rings (SSSR count). The lowest BCUT2D eigenvalue weighted by molar-refractivity contribution is -0.144. The summed E-state index contributed by atoms with van der Waals surface area (Å²) in [6, 6.07) is 9.77. The normalized spacial score (nSPS) is 11.6. The predicted molar refractivity (Wildman–Crippen MR) is 82.7 cm³/mol. The molecule has 118 valence electrons. The molecule has 0 saturated heterocycles. The molecule has 0 amide bonds. The molecule has 0 radical (unpaired) electrons. The smallest absolute Gasteiger partial charge is 0.320 e. The van der Waals surface area contributed by atoms with Gasteiger partial charge in [0.2, 0.25) is 0 Å². The Balaban J connectivity index is 2.58. The van der Waals surface area contributed by atoms with E-state index in [1.54, 1.807) is 6.92 Å². The van der Waals surface area contributed by atoms with E-state index in [4.69, 9.17) is 4.74 Å². The third-order valence-electron chi connectivity index (χ3n) is 2.90. The second kappa shape index (κ2) is 8.79. The summed E-state index contributed by atoms with van der Waals surface area (Å²) < 4.78 is 27.3. The Morgan fingerprint density at radius 1 is 1.24 bits per heavy atom. The Kier molecular flexibility index (Phi) is 7.39. The molecular weight excluding hydrogens is 290 g/mol. The summed E-state index contributed by atoms with van der Waals surface area (Å²) in [5, 5.41) is 0. The molecule has 21 heavy (non-hydrogen) atoms. The fourth-order valence-corrected chi connectivity index (χ4v) is 2.65. The molecule has 0 bridgehead atoms. The third kappa shape index (κ3) is 8.47. The fraction of sp³-hybridized carbons (Fsp3) is 0.533. The topological polar surface area (TPSA) is 63.7 Å². The number of rotatable bonds is 9. The van der Waals surface area contributed by atoms with Gasteiger partial charge in [0, 0.05) is 19.3 Å². The van der Waals surface area contributed by atoms with Gasteiger partial charge < -0.3 is 4.74 Å². The molecule has 0 aliphatic rings. The average Bonchev–Trinajstić information content (AvgIpc) is 2.38. The summed E-state index contributed by atoms with van der Waals surface area (Å²) in [5.74, 6) is -0.158. The fourth-order valence-electron chi connectivity index (χ4n) is 2.00. The van der Waals surface area contributed by atoms with Crippen LogP contribution in [0.25, 0.3) is 0 Å². The van der Waals surface area contributed by atoms with Gasteiger partial charge in [-0.05, 0) is 18.9 Å². The van der Waals surface area contributed by atoms with Gasteiger partial charge in [-0.3, -0.25) is 9.69 Å². The zero-order chi connectivity index (χ0) is 15.7. The number of ether oxygens (including phenoxy) is 1. The van der Waals surface area contributed by atoms with Gasteiger partial charge in [0.25, 0.3) is 0 Å². The van der Waals surface area contributed by atoms with Crippen LogP contribution in [0.1, 0.15) is 18.9 Å². The van der Waals surface area contributed by atoms with Crippen molar-refractivity contribution in [3.8, 4) is 0 Å². The quantitative estimate of drug-likeness (QED) is 0.646. The van der Waals surface area contributed by atoms with Crippen LogP contribution in [0.4, 0.5) is 0 Å². The van der Waals surface area contributed by atoms with Crippen molar-refractivity contribution in [2.45, 2.75) is 19.9 Å². The zero-order valence-corrected chi connectivity index (χ0v) is 13.4. The van der Waals surface area contributed by atoms with Crippen LogP contribution in [0.15, 0.2) is 30.3 Å². The van der Waals surface area contributed by atoms with Crippen LogP contribution in [-0.2, 0) is 25.9 Å². The second-order valence-corrected chi connectivity index (χ2v) is 7.24. The molecule has 0 aliphatic heterocycles. The highest BCUT2D eigenvalue weighted by molar-refractivity contribution is 7.90. The Hall–Kier alpha value is -1.40. The predicted octanol–water partition coefficient (Wildman–Crippen LogP) is 1.49. The van der Waals surface area contributed by atoms with Crippen molar-refractivity contribution >= 4 is 15.8 Å². The molecule has 0 atom stereocenters. The highest BCUT2D eigenvalue weighted by atomic mass is 32.2. The minimum Gasteiger partial charge on any atom is -0.465 e. The summed E-state index contributed by atoms with van der Waals surface area (Å²) in [6.07, 6.45) is 1.73. The van der Waals surface area contributed by atoms with Crippen LogP contribution in [0.3, 0.4) is 0 Å². The van der Waals surface area contributed by atoms with Crippen molar-refractivity contribution in [3.63, 3.8) is 0 Å². The Labute approximate surface area is 126 Å². The molecule has 1 aromatic rings. The van der Waals surface area contributed by atoms with Crippen molar-refractivity contribution in [1.82, 2.24) is 4.90 Å². The van der Waals surface area contributed by atoms with Crippen molar-refractivity contribution in [3.05, 3.63) is 35.9 Å². The number of nitrogens with zero attached hydrogens (tertiary/aromatic N) is 1. The van der Waals surface area contributed by atoms with E-state index in [9.17, 15) is 13.2 Å². The first-order valence-corrected chi connectivity index (χ1v) is 9.06. The number of carbonyl (C=O) groups is 1. The van der Waals surface area contributed by atoms with Gasteiger partial charge in [0.15, 0.2) is 0 Å². The molecule has 0 aliphatic carbocycles. The van der Waals surface area contributed by atoms with Crippen LogP contribution >= 0.6 is 0 Å². The zero-order valence-electron chi connectivity index (χ0n) is 12.6. The Bertz CT molecular complexity index is 528. The van der Waals surface area contributed by atoms with E-state index in [0.717, 1.165) is 5.56 Å². The number of hydrogen-bond acceptors (Lipinski definition) is 5. The first-order valence-electron chi connectivity index (χ1n) is 7.00. The van der Waals surface area contributed by atoms with E-state index >= 15 is 0 Å². The number of benzene rings is 1. The first-order chi connectivity index (χ1) is 9.90. The minimum atomic E-state index is -2.97. The molecular formula is C15H23NO4S. The molecule has 0 spiro atoms. The number of carbonyl (C=O) groups excluding carboxylic acids is 1. The SMILES string of the molecule is CCOC(=O)CN(CCCS(C)(=O)=O)Cc1ccccc1. The first kappa shape index (κ1) is 17.7. The molecule has 5 nitrogen and oxygen atoms in total. The highest BCUT2D eigenvalue weighted by Gasteiger charge is 2.13. The monoisotopic (exact) mass is 313 g/mol. The maximum atomic E-state index is 11.6. The van der Waals surface area contributed by atoms with Crippen LogP contribution < -0.4 is 0 Å². The van der Waals surface area contributed by atoms with Crippen LogP contribution in [0, 0.1) is 0 Å². The maximum absolute atomic E-state index is 11.6. The lowest BCUT2D eigenvalue weighted by atomic mass is 10.2. The lowest BCUT2D eigenvalue weighted by Gasteiger charge is -2.21. The van der Waals surface area contributed by atoms with Crippen LogP contribution in [-0.4, -0.2) is 51.0 Å². The molecule has 0 heterocycles. The van der Waals surface area contributed by atoms with Gasteiger partial charge in [0.05, 0.1) is 18.9 Å². The second-order valence-electron chi connectivity index (χ2n) is 4.98. The van der Waals surface area contributed by atoms with Gasteiger partial charge in [-0.15, -0.1) is 0 Å². The molecule has 0 aromatic heterocycles. The van der Waals surface area contributed by atoms with Crippen molar-refractivity contribution in [1.29, 1.82) is 0 Å². The standard InChI is InChI=1S/C15H23NO4S/c1-3-20-15(17)13-16(10-7-11-21(2,18)19)12-14-8-5-4-6-9-14/h4-6,8-9H,3,7,10-13H2,1-2H3. The van der Waals surface area contributed by atoms with E-state index in [-0.39, 0.29) is 18.3 Å². The summed E-state index contributed by atoms with van der Waals surface area (Å²) in [4.78, 5) is 13.5. The van der Waals surface area contributed by atoms with Crippen LogP contribution in [0.5, 0.6) is 0 Å². The molecule has 0 fully saturated rings. The third-order valence-corrected chi connectivity index (χ3v) is 3.93. The van der Waals surface area contributed by atoms with Crippen molar-refractivity contribution < 1.29 is 17.9 Å². The summed E-state index contributed by atoms with van der Waals surface area (Å²) in [5.41, 5.74) is 1.08. The van der Waals surface area contributed by atoms with Gasteiger partial charge in [-0.1, -0.05) is 30.3 Å². The molecule has 6 heteroatoms. The van der Waals surface area contributed by atoms with Gasteiger partial charge in [-0.2, -0.15) is 0 Å². The van der Waals surface area contributed by atoms with E-state index in [2.05, 4.69) is 0 Å². The summed E-state index contributed by atoms with van der Waals surface area (Å²) >= 11 is 0. The van der Waals surface area contributed by atoms with Crippen LogP contribution in [0.2, 0.25) is 0 Å². The lowest BCUT2D eigenvalue weighted by Crippen LogP contribution is -2.32. The summed E-state index contributed by atoms with van der Waals surface area (Å²) in [7, 11) is -2.97. The van der Waals surface area contributed by atoms with Crippen molar-refractivity contribution in [2.75, 3.05) is 31.7 Å². The number of hydrogen-bond donors (Lipinski definition) is 0. The largest absolute Gasteiger partial charge is 0.465 e. The number of esters is 1. The Morgan fingerprint density at radius 2 is 1.90 bits per heavy atom. The Morgan fingerprint density at radius 3 is 2.48 bits per heavy atom. The van der Waals surface area contributed by atoms with Gasteiger partial charge in [0.1, 0.15) is 9.84 Å². The molecule has 0 N–H and O–H groups in total. The molecule has 0 unspecified atom stereocenters. The van der Waals surface area contributed by atoms with E-state index in [1.165, 1.54) is 6.26 Å².